The zero-order chi connectivity index (χ0) is 23.9. The Kier molecular flexibility index (Phi) is 11.6. The molecule has 0 saturated heterocycles. The number of nitrogens with zero attached hydrogens (tertiary/aromatic N) is 2. The lowest BCUT2D eigenvalue weighted by Gasteiger charge is -2.15. The van der Waals surface area contributed by atoms with Crippen LogP contribution in [0.5, 0.6) is 0 Å². The first kappa shape index (κ1) is 26.0. The first-order valence-corrected chi connectivity index (χ1v) is 11.1. The van der Waals surface area contributed by atoms with Crippen molar-refractivity contribution in [2.45, 2.75) is 27.2 Å². The number of benzene rings is 2. The van der Waals surface area contributed by atoms with Gasteiger partial charge in [0.15, 0.2) is 0 Å². The van der Waals surface area contributed by atoms with Crippen LogP contribution >= 0.6 is 0 Å². The van der Waals surface area contributed by atoms with Crippen molar-refractivity contribution in [2.75, 3.05) is 37.9 Å². The fraction of sp³-hybridized carbons (Fsp3) is 0.308. The summed E-state index contributed by atoms with van der Waals surface area (Å²) in [4.78, 5) is 8.45. The number of rotatable bonds is 7. The predicted molar refractivity (Wildman–Crippen MR) is 136 cm³/mol. The number of aromatic nitrogens is 2. The summed E-state index contributed by atoms with van der Waals surface area (Å²) < 4.78 is 15.2. The minimum atomic E-state index is -0.472. The van der Waals surface area contributed by atoms with Gasteiger partial charge in [0, 0.05) is 37.6 Å². The molecule has 2 heterocycles. The first-order chi connectivity index (χ1) is 16.1. The predicted octanol–water partition coefficient (Wildman–Crippen LogP) is 5.47. The van der Waals surface area contributed by atoms with Gasteiger partial charge in [0.2, 0.25) is 0 Å². The van der Waals surface area contributed by atoms with Gasteiger partial charge in [-0.25, -0.2) is 0 Å². The van der Waals surface area contributed by atoms with E-state index in [9.17, 15) is 0 Å². The van der Waals surface area contributed by atoms with Gasteiger partial charge in [0.25, 0.3) is 6.48 Å². The molecule has 0 saturated carbocycles. The van der Waals surface area contributed by atoms with Crippen LogP contribution in [-0.2, 0) is 14.2 Å². The van der Waals surface area contributed by atoms with Gasteiger partial charge in [0.05, 0.1) is 34.8 Å². The zero-order valence-electron chi connectivity index (χ0n) is 19.8. The van der Waals surface area contributed by atoms with Crippen LogP contribution in [0.3, 0.4) is 0 Å². The molecule has 0 amide bonds. The molecule has 4 aromatic rings. The summed E-state index contributed by atoms with van der Waals surface area (Å²) in [7, 11) is 1.89. The Labute approximate surface area is 195 Å². The summed E-state index contributed by atoms with van der Waals surface area (Å²) in [6.45, 7) is 7.10. The van der Waals surface area contributed by atoms with Crippen LogP contribution in [0, 0.1) is 0 Å². The Morgan fingerprint density at radius 3 is 1.76 bits per heavy atom. The second-order valence-electron chi connectivity index (χ2n) is 6.78. The van der Waals surface area contributed by atoms with Crippen molar-refractivity contribution in [2.24, 2.45) is 0 Å². The van der Waals surface area contributed by atoms with E-state index in [0.717, 1.165) is 22.1 Å². The molecule has 33 heavy (non-hydrogen) atoms. The van der Waals surface area contributed by atoms with Crippen molar-refractivity contribution in [3.05, 3.63) is 73.1 Å². The third kappa shape index (κ3) is 9.02. The Hall–Kier alpha value is -3.26. The molecule has 2 aromatic carbocycles. The maximum Gasteiger partial charge on any atom is 0.271 e. The minimum Gasteiger partial charge on any atom is -0.397 e. The van der Waals surface area contributed by atoms with Crippen LogP contribution < -0.4 is 11.1 Å². The van der Waals surface area contributed by atoms with Crippen LogP contribution in [0.25, 0.3) is 21.8 Å². The van der Waals surface area contributed by atoms with Crippen molar-refractivity contribution in [3.63, 3.8) is 0 Å². The van der Waals surface area contributed by atoms with E-state index in [1.807, 2.05) is 82.5 Å². The zero-order valence-corrected chi connectivity index (χ0v) is 19.8. The summed E-state index contributed by atoms with van der Waals surface area (Å²) in [6.07, 6.45) is 3.50. The summed E-state index contributed by atoms with van der Waals surface area (Å²) in [5.41, 5.74) is 9.35. The Balaban J connectivity index is 0.000000176. The number of para-hydroxylation sites is 2. The van der Waals surface area contributed by atoms with Crippen molar-refractivity contribution in [1.29, 1.82) is 0 Å². The fourth-order valence-corrected chi connectivity index (χ4v) is 2.85. The molecule has 2 aromatic heterocycles. The van der Waals surface area contributed by atoms with E-state index < -0.39 is 6.48 Å². The van der Waals surface area contributed by atoms with Gasteiger partial charge in [-0.2, -0.15) is 0 Å². The highest BCUT2D eigenvalue weighted by Crippen LogP contribution is 2.15. The maximum atomic E-state index is 5.56. The maximum absolute atomic E-state index is 5.56. The highest BCUT2D eigenvalue weighted by atomic mass is 16.8. The van der Waals surface area contributed by atoms with Crippen LogP contribution in [0.15, 0.2) is 73.1 Å². The lowest BCUT2D eigenvalue weighted by atomic mass is 10.2. The topological polar surface area (TPSA) is 91.5 Å². The molecule has 7 heteroatoms. The number of hydrogen-bond donors (Lipinski definition) is 2. The standard InChI is InChI=1S/C10H10N2.C9H8N2.C7H16O3/c1-11-9-6-8-4-2-3-5-10(8)12-7-9;10-8-5-7-3-1-2-4-9(7)11-6-8;1-4-8-7(9-5-2)10-6-3/h2-7,11H,1H3;1-6H,10H2;7H,4-6H2,1-3H3. The van der Waals surface area contributed by atoms with E-state index in [1.54, 1.807) is 6.20 Å². The summed E-state index contributed by atoms with van der Waals surface area (Å²) >= 11 is 0. The Morgan fingerprint density at radius 1 is 0.758 bits per heavy atom. The third-order valence-corrected chi connectivity index (χ3v) is 4.40. The first-order valence-electron chi connectivity index (χ1n) is 11.1. The summed E-state index contributed by atoms with van der Waals surface area (Å²) in [5, 5.41) is 5.32. The average Bonchev–Trinajstić information content (AvgIpc) is 2.85. The molecule has 0 unspecified atom stereocenters. The minimum absolute atomic E-state index is 0.472. The molecule has 0 aliphatic rings. The number of ether oxygens (including phenoxy) is 3. The normalized spacial score (nSPS) is 10.3. The largest absolute Gasteiger partial charge is 0.397 e. The van der Waals surface area contributed by atoms with E-state index in [0.29, 0.717) is 25.5 Å². The van der Waals surface area contributed by atoms with Crippen LogP contribution in [0.1, 0.15) is 20.8 Å². The van der Waals surface area contributed by atoms with Crippen molar-refractivity contribution in [1.82, 2.24) is 9.97 Å². The molecule has 0 aliphatic heterocycles. The van der Waals surface area contributed by atoms with Crippen molar-refractivity contribution < 1.29 is 14.2 Å². The molecule has 0 bridgehead atoms. The molecule has 0 atom stereocenters. The van der Waals surface area contributed by atoms with Gasteiger partial charge in [-0.15, -0.1) is 0 Å². The molecular formula is C26H34N4O3. The van der Waals surface area contributed by atoms with Crippen LogP contribution in [-0.4, -0.2) is 43.3 Å². The third-order valence-electron chi connectivity index (χ3n) is 4.40. The second kappa shape index (κ2) is 14.7. The highest BCUT2D eigenvalue weighted by molar-refractivity contribution is 5.81. The van der Waals surface area contributed by atoms with Crippen molar-refractivity contribution >= 4 is 33.2 Å². The molecule has 4 rings (SSSR count). The van der Waals surface area contributed by atoms with E-state index in [2.05, 4.69) is 27.4 Å². The lowest BCUT2D eigenvalue weighted by Crippen LogP contribution is -2.20. The monoisotopic (exact) mass is 450 g/mol. The molecule has 0 radical (unpaired) electrons. The highest BCUT2D eigenvalue weighted by Gasteiger charge is 2.04. The number of nitrogens with two attached hydrogens (primary N) is 1. The van der Waals surface area contributed by atoms with Gasteiger partial charge >= 0.3 is 0 Å². The van der Waals surface area contributed by atoms with Gasteiger partial charge in [-0.05, 0) is 45.0 Å². The van der Waals surface area contributed by atoms with Gasteiger partial charge < -0.3 is 25.3 Å². The second-order valence-corrected chi connectivity index (χ2v) is 6.78. The fourth-order valence-electron chi connectivity index (χ4n) is 2.85. The van der Waals surface area contributed by atoms with E-state index in [-0.39, 0.29) is 0 Å². The van der Waals surface area contributed by atoms with Crippen molar-refractivity contribution in [3.8, 4) is 0 Å². The number of fused-ring (bicyclic) bond motifs is 2. The van der Waals surface area contributed by atoms with Crippen LogP contribution in [0.2, 0.25) is 0 Å². The molecule has 0 fully saturated rings. The molecule has 3 N–H and O–H groups in total. The smallest absolute Gasteiger partial charge is 0.271 e. The van der Waals surface area contributed by atoms with E-state index in [1.165, 1.54) is 5.39 Å². The molecular weight excluding hydrogens is 416 g/mol. The van der Waals surface area contributed by atoms with Gasteiger partial charge in [-0.3, -0.25) is 9.97 Å². The molecule has 0 spiro atoms. The molecule has 7 nitrogen and oxygen atoms in total. The van der Waals surface area contributed by atoms with Gasteiger partial charge in [0.1, 0.15) is 0 Å². The number of hydrogen-bond acceptors (Lipinski definition) is 7. The van der Waals surface area contributed by atoms with E-state index in [4.69, 9.17) is 19.9 Å². The van der Waals surface area contributed by atoms with E-state index >= 15 is 0 Å². The summed E-state index contributed by atoms with van der Waals surface area (Å²) in [6, 6.07) is 20.0. The number of nitrogens with one attached hydrogen (secondary N) is 1. The molecule has 0 aliphatic carbocycles. The van der Waals surface area contributed by atoms with Crippen LogP contribution in [0.4, 0.5) is 11.4 Å². The summed E-state index contributed by atoms with van der Waals surface area (Å²) in [5.74, 6) is 0. The quantitative estimate of drug-likeness (QED) is 0.361. The lowest BCUT2D eigenvalue weighted by molar-refractivity contribution is -0.282. The SMILES string of the molecule is CCOC(OCC)OCC.CNc1cnc2ccccc2c1.Nc1cnc2ccccc2c1. The number of nitrogen functional groups attached to an aromatic ring is 1. The number of pyridine rings is 2. The number of anilines is 2. The Bertz CT molecular complexity index is 1080. The molecule has 176 valence electrons. The van der Waals surface area contributed by atoms with Gasteiger partial charge in [-0.1, -0.05) is 36.4 Å². The average molecular weight is 451 g/mol. The Morgan fingerprint density at radius 2 is 1.24 bits per heavy atom.